The minimum absolute atomic E-state index is 0.583. The summed E-state index contributed by atoms with van der Waals surface area (Å²) in [4.78, 5) is 0. The first-order chi connectivity index (χ1) is 9.74. The first-order valence-electron chi connectivity index (χ1n) is 7.14. The second kappa shape index (κ2) is 7.68. The van der Waals surface area contributed by atoms with E-state index >= 15 is 0 Å². The molecule has 0 unspecified atom stereocenters. The molecular weight excluding hydrogens is 251 g/mol. The Balaban J connectivity index is 1.79. The number of ether oxygens (including phenoxy) is 1. The molecule has 0 heterocycles. The molecule has 0 aromatic heterocycles. The zero-order valence-corrected chi connectivity index (χ0v) is 11.9. The topological polar surface area (TPSA) is 9.23 Å². The molecule has 0 fully saturated rings. The van der Waals surface area contributed by atoms with Crippen molar-refractivity contribution in [3.05, 3.63) is 65.7 Å². The Bertz CT molecular complexity index is 491. The molecule has 0 radical (unpaired) electrons. The summed E-state index contributed by atoms with van der Waals surface area (Å²) >= 11 is 0. The maximum Gasteiger partial charge on any atom is 0.119 e. The highest BCUT2D eigenvalue weighted by Crippen LogP contribution is 2.16. The molecule has 2 heteroatoms. The van der Waals surface area contributed by atoms with Crippen LogP contribution in [0.3, 0.4) is 0 Å². The van der Waals surface area contributed by atoms with Gasteiger partial charge in [-0.15, -0.1) is 0 Å². The molecule has 2 rings (SSSR count). The first kappa shape index (κ1) is 14.6. The number of benzene rings is 2. The maximum atomic E-state index is 12.7. The Morgan fingerprint density at radius 2 is 1.65 bits per heavy atom. The van der Waals surface area contributed by atoms with Crippen LogP contribution < -0.4 is 4.74 Å². The summed E-state index contributed by atoms with van der Waals surface area (Å²) in [6, 6.07) is 18.2. The second-order valence-corrected chi connectivity index (χ2v) is 5.09. The van der Waals surface area contributed by atoms with Crippen LogP contribution in [0.1, 0.15) is 30.9 Å². The standard InChI is InChI=1S/C18H21FO/c1-15(19)6-5-9-16-10-12-18(13-11-16)20-14-17-7-3-2-4-8-17/h2-4,7-8,10-13,15H,5-6,9,14H2,1H3/t15-/m1/s1. The van der Waals surface area contributed by atoms with Crippen LogP contribution in [0, 0.1) is 0 Å². The smallest absolute Gasteiger partial charge is 0.119 e. The van der Waals surface area contributed by atoms with Crippen LogP contribution in [-0.4, -0.2) is 6.17 Å². The van der Waals surface area contributed by atoms with Gasteiger partial charge in [-0.2, -0.15) is 0 Å². The SMILES string of the molecule is C[C@@H](F)CCCc1ccc(OCc2ccccc2)cc1. The van der Waals surface area contributed by atoms with Gasteiger partial charge in [-0.25, -0.2) is 4.39 Å². The fourth-order valence-electron chi connectivity index (χ4n) is 2.08. The Morgan fingerprint density at radius 1 is 0.950 bits per heavy atom. The molecule has 0 aliphatic carbocycles. The van der Waals surface area contributed by atoms with Crippen LogP contribution in [0.25, 0.3) is 0 Å². The van der Waals surface area contributed by atoms with Gasteiger partial charge >= 0.3 is 0 Å². The third-order valence-electron chi connectivity index (χ3n) is 3.24. The number of rotatable bonds is 7. The number of aryl methyl sites for hydroxylation is 1. The van der Waals surface area contributed by atoms with Gasteiger partial charge in [0.1, 0.15) is 12.4 Å². The average molecular weight is 272 g/mol. The van der Waals surface area contributed by atoms with E-state index in [-0.39, 0.29) is 0 Å². The highest BCUT2D eigenvalue weighted by atomic mass is 19.1. The summed E-state index contributed by atoms with van der Waals surface area (Å²) in [7, 11) is 0. The summed E-state index contributed by atoms with van der Waals surface area (Å²) < 4.78 is 18.4. The Kier molecular flexibility index (Phi) is 5.60. The van der Waals surface area contributed by atoms with Crippen molar-refractivity contribution in [2.45, 2.75) is 39.0 Å². The van der Waals surface area contributed by atoms with E-state index in [4.69, 9.17) is 4.74 Å². The van der Waals surface area contributed by atoms with Gasteiger partial charge in [-0.1, -0.05) is 42.5 Å². The Labute approximate surface area is 120 Å². The minimum Gasteiger partial charge on any atom is -0.489 e. The van der Waals surface area contributed by atoms with Gasteiger partial charge in [0.2, 0.25) is 0 Å². The van der Waals surface area contributed by atoms with E-state index in [2.05, 4.69) is 12.1 Å². The van der Waals surface area contributed by atoms with Crippen LogP contribution in [0.2, 0.25) is 0 Å². The fraction of sp³-hybridized carbons (Fsp3) is 0.333. The van der Waals surface area contributed by atoms with E-state index in [1.54, 1.807) is 6.92 Å². The maximum absolute atomic E-state index is 12.7. The van der Waals surface area contributed by atoms with Crippen molar-refractivity contribution < 1.29 is 9.13 Å². The monoisotopic (exact) mass is 272 g/mol. The van der Waals surface area contributed by atoms with Crippen molar-refractivity contribution in [2.24, 2.45) is 0 Å². The molecule has 0 amide bonds. The first-order valence-corrected chi connectivity index (χ1v) is 7.14. The lowest BCUT2D eigenvalue weighted by atomic mass is 10.1. The number of hydrogen-bond acceptors (Lipinski definition) is 1. The lowest BCUT2D eigenvalue weighted by Gasteiger charge is -2.07. The van der Waals surface area contributed by atoms with Crippen molar-refractivity contribution in [1.82, 2.24) is 0 Å². The number of hydrogen-bond donors (Lipinski definition) is 0. The highest BCUT2D eigenvalue weighted by molar-refractivity contribution is 5.27. The van der Waals surface area contributed by atoms with Gasteiger partial charge in [0.15, 0.2) is 0 Å². The highest BCUT2D eigenvalue weighted by Gasteiger charge is 2.00. The third kappa shape index (κ3) is 5.04. The quantitative estimate of drug-likeness (QED) is 0.693. The molecule has 0 saturated heterocycles. The lowest BCUT2D eigenvalue weighted by Crippen LogP contribution is -1.96. The van der Waals surface area contributed by atoms with Crippen LogP contribution in [0.5, 0.6) is 5.75 Å². The van der Waals surface area contributed by atoms with E-state index < -0.39 is 6.17 Å². The van der Waals surface area contributed by atoms with Gasteiger partial charge in [0, 0.05) is 0 Å². The largest absolute Gasteiger partial charge is 0.489 e. The molecule has 0 bridgehead atoms. The van der Waals surface area contributed by atoms with Crippen LogP contribution in [0.15, 0.2) is 54.6 Å². The molecule has 0 spiro atoms. The fourth-order valence-corrected chi connectivity index (χ4v) is 2.08. The molecule has 2 aromatic rings. The van der Waals surface area contributed by atoms with Crippen LogP contribution in [-0.2, 0) is 13.0 Å². The van der Waals surface area contributed by atoms with Crippen LogP contribution >= 0.6 is 0 Å². The van der Waals surface area contributed by atoms with Gasteiger partial charge in [0.05, 0.1) is 6.17 Å². The van der Waals surface area contributed by atoms with E-state index in [0.29, 0.717) is 13.0 Å². The predicted octanol–water partition coefficient (Wildman–Crippen LogP) is 4.95. The molecule has 1 nitrogen and oxygen atoms in total. The molecule has 2 aromatic carbocycles. The zero-order valence-electron chi connectivity index (χ0n) is 11.9. The van der Waals surface area contributed by atoms with Gasteiger partial charge in [0.25, 0.3) is 0 Å². The molecular formula is C18H21FO. The summed E-state index contributed by atoms with van der Waals surface area (Å²) in [6.07, 6.45) is 1.74. The van der Waals surface area contributed by atoms with E-state index in [1.165, 1.54) is 5.56 Å². The Morgan fingerprint density at radius 3 is 2.30 bits per heavy atom. The lowest BCUT2D eigenvalue weighted by molar-refractivity contribution is 0.306. The van der Waals surface area contributed by atoms with E-state index in [1.807, 2.05) is 42.5 Å². The molecule has 0 saturated carbocycles. The van der Waals surface area contributed by atoms with Crippen LogP contribution in [0.4, 0.5) is 4.39 Å². The molecule has 1 atom stereocenters. The van der Waals surface area contributed by atoms with Crippen molar-refractivity contribution in [2.75, 3.05) is 0 Å². The summed E-state index contributed by atoms with van der Waals surface area (Å²) in [5.41, 5.74) is 2.39. The summed E-state index contributed by atoms with van der Waals surface area (Å²) in [5, 5.41) is 0. The second-order valence-electron chi connectivity index (χ2n) is 5.09. The average Bonchev–Trinajstić information content (AvgIpc) is 2.47. The van der Waals surface area contributed by atoms with Gasteiger partial charge in [-0.3, -0.25) is 0 Å². The Hall–Kier alpha value is -1.83. The zero-order chi connectivity index (χ0) is 14.2. The third-order valence-corrected chi connectivity index (χ3v) is 3.24. The molecule has 0 N–H and O–H groups in total. The molecule has 20 heavy (non-hydrogen) atoms. The van der Waals surface area contributed by atoms with Crippen molar-refractivity contribution in [3.8, 4) is 5.75 Å². The molecule has 106 valence electrons. The number of halogens is 1. The van der Waals surface area contributed by atoms with Crippen molar-refractivity contribution >= 4 is 0 Å². The van der Waals surface area contributed by atoms with E-state index in [0.717, 1.165) is 24.2 Å². The van der Waals surface area contributed by atoms with Crippen molar-refractivity contribution in [1.29, 1.82) is 0 Å². The van der Waals surface area contributed by atoms with E-state index in [9.17, 15) is 4.39 Å². The van der Waals surface area contributed by atoms with Gasteiger partial charge in [-0.05, 0) is 49.4 Å². The molecule has 0 aliphatic heterocycles. The normalized spacial score (nSPS) is 12.1. The summed E-state index contributed by atoms with van der Waals surface area (Å²) in [5.74, 6) is 0.872. The van der Waals surface area contributed by atoms with Crippen molar-refractivity contribution in [3.63, 3.8) is 0 Å². The predicted molar refractivity (Wildman–Crippen MR) is 80.7 cm³/mol. The minimum atomic E-state index is -0.705. The number of alkyl halides is 1. The summed E-state index contributed by atoms with van der Waals surface area (Å²) in [6.45, 7) is 2.19. The molecule has 0 aliphatic rings. The van der Waals surface area contributed by atoms with Gasteiger partial charge < -0.3 is 4.74 Å².